The number of thioether (sulfide) groups is 1. The summed E-state index contributed by atoms with van der Waals surface area (Å²) in [6, 6.07) is 8.98. The second-order valence-electron chi connectivity index (χ2n) is 7.32. The van der Waals surface area contributed by atoms with E-state index >= 15 is 0 Å². The van der Waals surface area contributed by atoms with Gasteiger partial charge in [-0.15, -0.1) is 11.3 Å². The van der Waals surface area contributed by atoms with Crippen LogP contribution in [0.25, 0.3) is 0 Å². The molecule has 3 aromatic rings. The minimum atomic E-state index is -4.78. The van der Waals surface area contributed by atoms with Gasteiger partial charge in [-0.05, 0) is 29.1 Å². The number of rotatable bonds is 7. The SMILES string of the molecule is COc1ccc([C@H]2CC(c3cccs3)=NN2C(=O)CSc2nc(C(F)(F)F)cc(=O)[nH]2)cc1OC. The van der Waals surface area contributed by atoms with Crippen LogP contribution < -0.4 is 15.0 Å². The lowest BCUT2D eigenvalue weighted by atomic mass is 10.0. The van der Waals surface area contributed by atoms with E-state index in [1.165, 1.54) is 30.6 Å². The molecule has 1 aromatic carbocycles. The number of aromatic amines is 1. The second kappa shape index (κ2) is 10.1. The van der Waals surface area contributed by atoms with Gasteiger partial charge in [0.25, 0.3) is 11.5 Å². The Morgan fingerprint density at radius 2 is 2.00 bits per heavy atom. The highest BCUT2D eigenvalue weighted by Gasteiger charge is 2.35. The molecule has 3 heterocycles. The molecule has 184 valence electrons. The Kier molecular flexibility index (Phi) is 7.17. The van der Waals surface area contributed by atoms with E-state index in [-0.39, 0.29) is 10.9 Å². The number of hydrogen-bond acceptors (Lipinski definition) is 8. The third-order valence-corrected chi connectivity index (χ3v) is 6.88. The molecule has 1 aliphatic rings. The number of hydrogen-bond donors (Lipinski definition) is 1. The van der Waals surface area contributed by atoms with E-state index in [2.05, 4.69) is 15.1 Å². The Balaban J connectivity index is 1.60. The summed E-state index contributed by atoms with van der Waals surface area (Å²) < 4.78 is 49.6. The third kappa shape index (κ3) is 5.51. The first-order valence-corrected chi connectivity index (χ1v) is 12.0. The van der Waals surface area contributed by atoms with E-state index in [0.29, 0.717) is 41.5 Å². The Labute approximate surface area is 205 Å². The summed E-state index contributed by atoms with van der Waals surface area (Å²) in [4.78, 5) is 31.4. The van der Waals surface area contributed by atoms with Crippen molar-refractivity contribution in [2.45, 2.75) is 23.8 Å². The van der Waals surface area contributed by atoms with Crippen molar-refractivity contribution in [2.75, 3.05) is 20.0 Å². The zero-order chi connectivity index (χ0) is 25.2. The molecule has 13 heteroatoms. The van der Waals surface area contributed by atoms with Gasteiger partial charge in [-0.3, -0.25) is 9.59 Å². The smallest absolute Gasteiger partial charge is 0.433 e. The zero-order valence-electron chi connectivity index (χ0n) is 18.5. The maximum absolute atomic E-state index is 13.2. The van der Waals surface area contributed by atoms with E-state index < -0.39 is 29.4 Å². The van der Waals surface area contributed by atoms with Crippen molar-refractivity contribution in [1.29, 1.82) is 0 Å². The number of carbonyl (C=O) groups is 1. The van der Waals surface area contributed by atoms with E-state index in [1.54, 1.807) is 18.2 Å². The fourth-order valence-electron chi connectivity index (χ4n) is 3.50. The number of hydrazone groups is 1. The molecule has 0 aliphatic carbocycles. The van der Waals surface area contributed by atoms with Crippen molar-refractivity contribution in [1.82, 2.24) is 15.0 Å². The molecule has 2 aromatic heterocycles. The number of carbonyl (C=O) groups excluding carboxylic acids is 1. The molecule has 0 fully saturated rings. The van der Waals surface area contributed by atoms with Crippen molar-refractivity contribution < 1.29 is 27.4 Å². The maximum atomic E-state index is 13.2. The first-order chi connectivity index (χ1) is 16.7. The maximum Gasteiger partial charge on any atom is 0.433 e. The van der Waals surface area contributed by atoms with Gasteiger partial charge in [0.2, 0.25) is 0 Å². The van der Waals surface area contributed by atoms with Gasteiger partial charge < -0.3 is 14.5 Å². The highest BCUT2D eigenvalue weighted by atomic mass is 32.2. The van der Waals surface area contributed by atoms with Gasteiger partial charge in [0, 0.05) is 12.5 Å². The molecular formula is C22H19F3N4O4S2. The van der Waals surface area contributed by atoms with E-state index in [0.717, 1.165) is 10.4 Å². The summed E-state index contributed by atoms with van der Waals surface area (Å²) in [5, 5.41) is 7.44. The van der Waals surface area contributed by atoms with Crippen LogP contribution in [0.4, 0.5) is 13.2 Å². The molecule has 0 saturated carbocycles. The molecule has 1 atom stereocenters. The zero-order valence-corrected chi connectivity index (χ0v) is 20.1. The van der Waals surface area contributed by atoms with Crippen molar-refractivity contribution >= 4 is 34.7 Å². The summed E-state index contributed by atoms with van der Waals surface area (Å²) >= 11 is 2.19. The molecule has 0 unspecified atom stereocenters. The number of alkyl halides is 3. The molecule has 0 radical (unpaired) electrons. The van der Waals surface area contributed by atoms with E-state index in [1.807, 2.05) is 17.5 Å². The molecule has 4 rings (SSSR count). The predicted octanol–water partition coefficient (Wildman–Crippen LogP) is 4.34. The number of thiophene rings is 1. The molecule has 8 nitrogen and oxygen atoms in total. The largest absolute Gasteiger partial charge is 0.493 e. The number of H-pyrrole nitrogens is 1. The van der Waals surface area contributed by atoms with Gasteiger partial charge in [0.15, 0.2) is 22.3 Å². The first kappa shape index (κ1) is 24.8. The van der Waals surface area contributed by atoms with Gasteiger partial charge in [-0.1, -0.05) is 23.9 Å². The van der Waals surface area contributed by atoms with Crippen LogP contribution in [0.15, 0.2) is 56.8 Å². The lowest BCUT2D eigenvalue weighted by molar-refractivity contribution is -0.141. The average molecular weight is 525 g/mol. The molecule has 1 aliphatic heterocycles. The number of aromatic nitrogens is 2. The third-order valence-electron chi connectivity index (χ3n) is 5.11. The highest BCUT2D eigenvalue weighted by Crippen LogP contribution is 2.38. The van der Waals surface area contributed by atoms with Crippen LogP contribution >= 0.6 is 23.1 Å². The topological polar surface area (TPSA) is 96.9 Å². The minimum Gasteiger partial charge on any atom is -0.493 e. The molecule has 35 heavy (non-hydrogen) atoms. The molecule has 1 amide bonds. The standard InChI is InChI=1S/C22H19F3N4O4S2/c1-32-15-6-5-12(8-16(15)33-2)14-9-13(17-4-3-7-34-17)28-29(14)20(31)11-35-21-26-18(22(23,24)25)10-19(30)27-21/h3-8,10,14H,9,11H2,1-2H3,(H,26,27,30)/t14-/m1/s1. The van der Waals surface area contributed by atoms with Crippen LogP contribution in [0, 0.1) is 0 Å². The lowest BCUT2D eigenvalue weighted by Crippen LogP contribution is -2.29. The number of nitrogens with one attached hydrogen (secondary N) is 1. The van der Waals surface area contributed by atoms with Crippen LogP contribution in [0.2, 0.25) is 0 Å². The summed E-state index contributed by atoms with van der Waals surface area (Å²) in [6.45, 7) is 0. The number of benzene rings is 1. The molecule has 1 N–H and O–H groups in total. The van der Waals surface area contributed by atoms with Crippen LogP contribution in [0.5, 0.6) is 11.5 Å². The summed E-state index contributed by atoms with van der Waals surface area (Å²) in [5.41, 5.74) is -0.811. The summed E-state index contributed by atoms with van der Waals surface area (Å²) in [7, 11) is 3.02. The van der Waals surface area contributed by atoms with Crippen molar-refractivity contribution in [2.24, 2.45) is 5.10 Å². The number of halogens is 3. The number of methoxy groups -OCH3 is 2. The first-order valence-electron chi connectivity index (χ1n) is 10.2. The Bertz CT molecular complexity index is 1310. The van der Waals surface area contributed by atoms with Crippen molar-refractivity contribution in [3.05, 3.63) is 68.3 Å². The number of ether oxygens (including phenoxy) is 2. The van der Waals surface area contributed by atoms with Crippen LogP contribution in [0.3, 0.4) is 0 Å². The monoisotopic (exact) mass is 524 g/mol. The summed E-state index contributed by atoms with van der Waals surface area (Å²) in [6.07, 6.45) is -4.34. The van der Waals surface area contributed by atoms with Crippen LogP contribution in [-0.2, 0) is 11.0 Å². The van der Waals surface area contributed by atoms with Crippen molar-refractivity contribution in [3.8, 4) is 11.5 Å². The van der Waals surface area contributed by atoms with Crippen LogP contribution in [-0.4, -0.2) is 46.6 Å². The van der Waals surface area contributed by atoms with Gasteiger partial charge in [-0.2, -0.15) is 18.3 Å². The average Bonchev–Trinajstić information content (AvgIpc) is 3.51. The van der Waals surface area contributed by atoms with Crippen molar-refractivity contribution in [3.63, 3.8) is 0 Å². The number of nitrogens with zero attached hydrogens (tertiary/aromatic N) is 3. The Hall–Kier alpha value is -3.32. The molecular weight excluding hydrogens is 505 g/mol. The highest BCUT2D eigenvalue weighted by molar-refractivity contribution is 7.99. The molecule has 0 bridgehead atoms. The quantitative estimate of drug-likeness (QED) is 0.365. The van der Waals surface area contributed by atoms with Gasteiger partial charge in [0.1, 0.15) is 0 Å². The van der Waals surface area contributed by atoms with E-state index in [9.17, 15) is 22.8 Å². The van der Waals surface area contributed by atoms with Crippen LogP contribution in [0.1, 0.15) is 28.6 Å². The minimum absolute atomic E-state index is 0.282. The number of amides is 1. The van der Waals surface area contributed by atoms with Gasteiger partial charge in [0.05, 0.1) is 36.6 Å². The van der Waals surface area contributed by atoms with Gasteiger partial charge >= 0.3 is 6.18 Å². The summed E-state index contributed by atoms with van der Waals surface area (Å²) in [5.74, 6) is 0.278. The normalized spacial score (nSPS) is 15.7. The lowest BCUT2D eigenvalue weighted by Gasteiger charge is -2.22. The molecule has 0 saturated heterocycles. The second-order valence-corrected chi connectivity index (χ2v) is 9.23. The molecule has 0 spiro atoms. The van der Waals surface area contributed by atoms with E-state index in [4.69, 9.17) is 9.47 Å². The predicted molar refractivity (Wildman–Crippen MR) is 125 cm³/mol. The Morgan fingerprint density at radius 1 is 1.23 bits per heavy atom. The fourth-order valence-corrected chi connectivity index (χ4v) is 4.95. The fraction of sp³-hybridized carbons (Fsp3) is 0.273. The Morgan fingerprint density at radius 3 is 2.66 bits per heavy atom. The van der Waals surface area contributed by atoms with Gasteiger partial charge in [-0.25, -0.2) is 9.99 Å².